The van der Waals surface area contributed by atoms with E-state index < -0.39 is 11.7 Å². The zero-order valence-electron chi connectivity index (χ0n) is 13.3. The first-order valence-electron chi connectivity index (χ1n) is 8.21. The summed E-state index contributed by atoms with van der Waals surface area (Å²) in [6, 6.07) is 10.9. The lowest BCUT2D eigenvalue weighted by Gasteiger charge is -2.17. The number of benzene rings is 1. The molecule has 1 heterocycles. The fraction of sp³-hybridized carbons (Fsp3) is 0.368. The second kappa shape index (κ2) is 7.16. The van der Waals surface area contributed by atoms with Crippen LogP contribution in [0.15, 0.2) is 47.5 Å². The Hall–Kier alpha value is -2.17. The lowest BCUT2D eigenvalue weighted by atomic mass is 9.96. The fourth-order valence-electron chi connectivity index (χ4n) is 3.04. The van der Waals surface area contributed by atoms with Gasteiger partial charge in [0.05, 0.1) is 23.0 Å². The third-order valence-corrected chi connectivity index (χ3v) is 4.27. The molecule has 1 aliphatic carbocycles. The van der Waals surface area contributed by atoms with Crippen LogP contribution in [-0.4, -0.2) is 17.2 Å². The van der Waals surface area contributed by atoms with E-state index in [-0.39, 0.29) is 5.56 Å². The molecular weight excluding hydrogens is 313 g/mol. The summed E-state index contributed by atoms with van der Waals surface area (Å²) in [6.07, 6.45) is 3.08. The summed E-state index contributed by atoms with van der Waals surface area (Å²) < 4.78 is 39.5. The van der Waals surface area contributed by atoms with Gasteiger partial charge in [0.2, 0.25) is 0 Å². The van der Waals surface area contributed by atoms with E-state index in [9.17, 15) is 13.2 Å². The van der Waals surface area contributed by atoms with Gasteiger partial charge in [-0.1, -0.05) is 43.5 Å². The smallest absolute Gasteiger partial charge is 0.288 e. The van der Waals surface area contributed by atoms with Gasteiger partial charge in [-0.15, -0.1) is 0 Å². The Labute approximate surface area is 139 Å². The van der Waals surface area contributed by atoms with E-state index in [0.29, 0.717) is 17.4 Å². The zero-order chi connectivity index (χ0) is 17.0. The lowest BCUT2D eigenvalue weighted by molar-refractivity contribution is -0.137. The Morgan fingerprint density at radius 3 is 2.46 bits per heavy atom. The molecule has 0 spiro atoms. The van der Waals surface area contributed by atoms with E-state index in [1.807, 2.05) is 0 Å². The van der Waals surface area contributed by atoms with Crippen molar-refractivity contribution in [1.82, 2.24) is 4.98 Å². The van der Waals surface area contributed by atoms with Crippen LogP contribution in [0.2, 0.25) is 0 Å². The van der Waals surface area contributed by atoms with Crippen LogP contribution >= 0.6 is 0 Å². The Bertz CT molecular complexity index is 717. The maximum atomic E-state index is 13.2. The Balaban J connectivity index is 1.87. The van der Waals surface area contributed by atoms with Crippen molar-refractivity contribution in [1.29, 1.82) is 0 Å². The van der Waals surface area contributed by atoms with Gasteiger partial charge >= 0.3 is 6.18 Å². The number of hydrogen-bond acceptors (Lipinski definition) is 2. The van der Waals surface area contributed by atoms with Crippen LogP contribution in [0.25, 0.3) is 11.3 Å². The Kier molecular flexibility index (Phi) is 4.97. The molecule has 24 heavy (non-hydrogen) atoms. The molecule has 1 saturated carbocycles. The van der Waals surface area contributed by atoms with Crippen molar-refractivity contribution >= 4 is 6.21 Å². The normalized spacial score (nSPS) is 16.6. The molecule has 0 unspecified atom stereocenters. The number of nitrogens with zero attached hydrogens (tertiary/aromatic N) is 2. The summed E-state index contributed by atoms with van der Waals surface area (Å²) in [5.41, 5.74) is 0.336. The zero-order valence-corrected chi connectivity index (χ0v) is 13.3. The summed E-state index contributed by atoms with van der Waals surface area (Å²) in [5, 5.41) is 0. The van der Waals surface area contributed by atoms with Gasteiger partial charge in [0.25, 0.3) is 0 Å². The van der Waals surface area contributed by atoms with E-state index in [1.165, 1.54) is 31.4 Å². The van der Waals surface area contributed by atoms with Crippen LogP contribution in [0.4, 0.5) is 13.2 Å². The Morgan fingerprint density at radius 2 is 1.71 bits per heavy atom. The third kappa shape index (κ3) is 4.02. The molecule has 0 amide bonds. The topological polar surface area (TPSA) is 25.2 Å². The van der Waals surface area contributed by atoms with Crippen molar-refractivity contribution in [3.05, 3.63) is 53.7 Å². The van der Waals surface area contributed by atoms with Crippen molar-refractivity contribution in [3.63, 3.8) is 0 Å². The van der Waals surface area contributed by atoms with Crippen LogP contribution in [0.3, 0.4) is 0 Å². The van der Waals surface area contributed by atoms with Gasteiger partial charge in [-0.05, 0) is 31.0 Å². The minimum absolute atomic E-state index is 0.0953. The highest BCUT2D eigenvalue weighted by Gasteiger charge is 2.33. The molecule has 2 aromatic rings. The standard InChI is InChI=1S/C19H19F3N2/c20-19(21,22)17-11-5-4-10-16(17)18-12-6-9-15(24-18)13-23-14-7-2-1-3-8-14/h4-6,9-14H,1-3,7-8H2/b23-13+. The average Bonchev–Trinajstić information content (AvgIpc) is 2.60. The van der Waals surface area contributed by atoms with Crippen LogP contribution in [0.1, 0.15) is 43.4 Å². The molecule has 2 nitrogen and oxygen atoms in total. The van der Waals surface area contributed by atoms with Gasteiger partial charge in [-0.2, -0.15) is 13.2 Å². The summed E-state index contributed by atoms with van der Waals surface area (Å²) in [4.78, 5) is 8.90. The molecule has 1 aromatic carbocycles. The fourth-order valence-corrected chi connectivity index (χ4v) is 3.04. The molecule has 0 N–H and O–H groups in total. The second-order valence-electron chi connectivity index (χ2n) is 6.06. The number of aliphatic imine (C=N–C) groups is 1. The Morgan fingerprint density at radius 1 is 0.958 bits per heavy atom. The van der Waals surface area contributed by atoms with Gasteiger partial charge in [-0.3, -0.25) is 4.99 Å². The maximum absolute atomic E-state index is 13.2. The van der Waals surface area contributed by atoms with Crippen molar-refractivity contribution < 1.29 is 13.2 Å². The highest BCUT2D eigenvalue weighted by atomic mass is 19.4. The van der Waals surface area contributed by atoms with Crippen LogP contribution in [0, 0.1) is 0 Å². The summed E-state index contributed by atoms with van der Waals surface area (Å²) in [6.45, 7) is 0. The number of halogens is 3. The first-order valence-corrected chi connectivity index (χ1v) is 8.21. The highest BCUT2D eigenvalue weighted by Crippen LogP contribution is 2.36. The maximum Gasteiger partial charge on any atom is 0.417 e. The molecule has 126 valence electrons. The van der Waals surface area contributed by atoms with E-state index >= 15 is 0 Å². The molecule has 1 fully saturated rings. The molecule has 0 atom stereocenters. The number of aromatic nitrogens is 1. The minimum Gasteiger partial charge on any atom is -0.288 e. The molecule has 0 radical (unpaired) electrons. The number of rotatable bonds is 3. The van der Waals surface area contributed by atoms with E-state index in [1.54, 1.807) is 30.5 Å². The van der Waals surface area contributed by atoms with E-state index in [4.69, 9.17) is 0 Å². The van der Waals surface area contributed by atoms with Crippen LogP contribution in [0.5, 0.6) is 0 Å². The first kappa shape index (κ1) is 16.7. The van der Waals surface area contributed by atoms with Crippen molar-refractivity contribution in [2.45, 2.75) is 44.3 Å². The summed E-state index contributed by atoms with van der Waals surface area (Å²) >= 11 is 0. The van der Waals surface area contributed by atoms with Gasteiger partial charge < -0.3 is 0 Å². The summed E-state index contributed by atoms with van der Waals surface area (Å²) in [5.74, 6) is 0. The quantitative estimate of drug-likeness (QED) is 0.680. The second-order valence-corrected chi connectivity index (χ2v) is 6.06. The predicted molar refractivity (Wildman–Crippen MR) is 89.1 cm³/mol. The lowest BCUT2D eigenvalue weighted by Crippen LogP contribution is -2.10. The molecule has 1 aliphatic rings. The molecule has 5 heteroatoms. The average molecular weight is 332 g/mol. The third-order valence-electron chi connectivity index (χ3n) is 4.27. The molecule has 3 rings (SSSR count). The first-order chi connectivity index (χ1) is 11.5. The van der Waals surface area contributed by atoms with Gasteiger partial charge in [-0.25, -0.2) is 4.98 Å². The molecular formula is C19H19F3N2. The minimum atomic E-state index is -4.40. The van der Waals surface area contributed by atoms with Crippen molar-refractivity contribution in [2.75, 3.05) is 0 Å². The molecule has 0 saturated heterocycles. The molecule has 0 bridgehead atoms. The largest absolute Gasteiger partial charge is 0.417 e. The monoisotopic (exact) mass is 332 g/mol. The van der Waals surface area contributed by atoms with Gasteiger partial charge in [0.15, 0.2) is 0 Å². The van der Waals surface area contributed by atoms with Crippen molar-refractivity contribution in [3.8, 4) is 11.3 Å². The van der Waals surface area contributed by atoms with Crippen LogP contribution < -0.4 is 0 Å². The highest BCUT2D eigenvalue weighted by molar-refractivity contribution is 5.78. The van der Waals surface area contributed by atoms with Gasteiger partial charge in [0.1, 0.15) is 0 Å². The van der Waals surface area contributed by atoms with Gasteiger partial charge in [0, 0.05) is 11.8 Å². The molecule has 1 aromatic heterocycles. The van der Waals surface area contributed by atoms with Crippen molar-refractivity contribution in [2.24, 2.45) is 4.99 Å². The molecule has 0 aliphatic heterocycles. The van der Waals surface area contributed by atoms with E-state index in [0.717, 1.165) is 18.9 Å². The number of pyridine rings is 1. The summed E-state index contributed by atoms with van der Waals surface area (Å²) in [7, 11) is 0. The van der Waals surface area contributed by atoms with Crippen LogP contribution in [-0.2, 0) is 6.18 Å². The number of alkyl halides is 3. The predicted octanol–water partition coefficient (Wildman–Crippen LogP) is 5.52. The van der Waals surface area contributed by atoms with E-state index in [2.05, 4.69) is 9.98 Å². The number of hydrogen-bond donors (Lipinski definition) is 0. The SMILES string of the molecule is FC(F)(F)c1ccccc1-c1cccc(/C=N/C2CCCCC2)n1.